The molecule has 0 aromatic heterocycles. The van der Waals surface area contributed by atoms with Crippen molar-refractivity contribution in [2.45, 2.75) is 136 Å². The van der Waals surface area contributed by atoms with Gasteiger partial charge in [-0.15, -0.1) is 0 Å². The number of carbonyl (C=O) groups excluding carboxylic acids is 2. The fourth-order valence-corrected chi connectivity index (χ4v) is 6.95. The van der Waals surface area contributed by atoms with Gasteiger partial charge >= 0.3 is 0 Å². The van der Waals surface area contributed by atoms with Gasteiger partial charge in [0.15, 0.2) is 0 Å². The summed E-state index contributed by atoms with van der Waals surface area (Å²) in [6.07, 6.45) is 5.54. The summed E-state index contributed by atoms with van der Waals surface area (Å²) in [4.78, 5) is 28.2. The lowest BCUT2D eigenvalue weighted by molar-refractivity contribution is -0.270. The number of piperidine rings is 1. The van der Waals surface area contributed by atoms with E-state index in [1.165, 1.54) is 0 Å². The minimum atomic E-state index is -2.10. The van der Waals surface area contributed by atoms with Gasteiger partial charge in [-0.3, -0.25) is 9.59 Å². The van der Waals surface area contributed by atoms with E-state index in [4.69, 9.17) is 14.2 Å². The minimum Gasteiger partial charge on any atom is -0.390 e. The van der Waals surface area contributed by atoms with Gasteiger partial charge in [0.2, 0.25) is 5.79 Å². The highest BCUT2D eigenvalue weighted by molar-refractivity contribution is 6.38. The summed E-state index contributed by atoms with van der Waals surface area (Å²) in [5, 5.41) is 31.1. The molecule has 3 aliphatic rings. The zero-order valence-electron chi connectivity index (χ0n) is 25.6. The van der Waals surface area contributed by atoms with Crippen molar-refractivity contribution in [3.8, 4) is 0 Å². The van der Waals surface area contributed by atoms with Crippen LogP contribution in [0.3, 0.4) is 0 Å². The predicted octanol–water partition coefficient (Wildman–Crippen LogP) is 3.66. The molecule has 0 aromatic carbocycles. The molecule has 2 aliphatic heterocycles. The van der Waals surface area contributed by atoms with Crippen molar-refractivity contribution >= 4 is 11.7 Å². The Hall–Kier alpha value is -1.10. The van der Waals surface area contributed by atoms with E-state index in [1.54, 1.807) is 11.8 Å². The molecule has 9 nitrogen and oxygen atoms in total. The molecule has 0 aromatic rings. The first-order chi connectivity index (χ1) is 18.9. The molecule has 0 radical (unpaired) electrons. The van der Waals surface area contributed by atoms with Crippen molar-refractivity contribution in [3.05, 3.63) is 0 Å². The zero-order valence-corrected chi connectivity index (χ0v) is 25.6. The van der Waals surface area contributed by atoms with Crippen molar-refractivity contribution in [2.24, 2.45) is 29.6 Å². The third kappa shape index (κ3) is 8.04. The van der Waals surface area contributed by atoms with E-state index >= 15 is 0 Å². The molecule has 9 heteroatoms. The third-order valence-corrected chi connectivity index (χ3v) is 9.98. The summed E-state index contributed by atoms with van der Waals surface area (Å²) in [5.74, 6) is -3.00. The van der Waals surface area contributed by atoms with Crippen LogP contribution >= 0.6 is 0 Å². The van der Waals surface area contributed by atoms with Crippen LogP contribution in [0.15, 0.2) is 0 Å². The predicted molar refractivity (Wildman–Crippen MR) is 151 cm³/mol. The van der Waals surface area contributed by atoms with Crippen LogP contribution in [0.25, 0.3) is 0 Å². The monoisotopic (exact) mass is 569 g/mol. The highest BCUT2D eigenvalue weighted by Crippen LogP contribution is 2.37. The molecular formula is C31H55NO8. The van der Waals surface area contributed by atoms with Gasteiger partial charge in [0.1, 0.15) is 6.79 Å². The largest absolute Gasteiger partial charge is 0.390 e. The number of Topliss-reactive ketones (excluding diaryl/α,β-unsaturated/α-hetero) is 1. The number of carbonyl (C=O) groups is 2. The second kappa shape index (κ2) is 14.9. The number of nitrogens with zero attached hydrogens (tertiary/aromatic N) is 1. The van der Waals surface area contributed by atoms with Crippen LogP contribution in [-0.2, 0) is 23.8 Å². The molecule has 1 amide bonds. The Morgan fingerprint density at radius 2 is 1.75 bits per heavy atom. The summed E-state index contributed by atoms with van der Waals surface area (Å²) in [6, 6.07) is -0.262. The van der Waals surface area contributed by atoms with Crippen LogP contribution in [0.2, 0.25) is 0 Å². The summed E-state index contributed by atoms with van der Waals surface area (Å²) >= 11 is 0. The minimum absolute atomic E-state index is 0.0109. The zero-order chi connectivity index (χ0) is 29.6. The van der Waals surface area contributed by atoms with Gasteiger partial charge in [0.05, 0.1) is 37.1 Å². The van der Waals surface area contributed by atoms with Gasteiger partial charge in [-0.2, -0.15) is 0 Å². The fourth-order valence-electron chi connectivity index (χ4n) is 6.95. The van der Waals surface area contributed by atoms with E-state index in [2.05, 4.69) is 20.8 Å². The van der Waals surface area contributed by atoms with Crippen LogP contribution in [0.1, 0.15) is 99.3 Å². The Labute approximate surface area is 240 Å². The Bertz CT molecular complexity index is 825. The van der Waals surface area contributed by atoms with E-state index in [-0.39, 0.29) is 43.5 Å². The van der Waals surface area contributed by atoms with Gasteiger partial charge in [0, 0.05) is 12.5 Å². The summed E-state index contributed by atoms with van der Waals surface area (Å²) < 4.78 is 18.0. The molecule has 3 rings (SSSR count). The number of likely N-dealkylation sites (tertiary alicyclic amines) is 1. The van der Waals surface area contributed by atoms with Gasteiger partial charge in [-0.25, -0.2) is 0 Å². The lowest BCUT2D eigenvalue weighted by Gasteiger charge is -2.44. The first kappa shape index (κ1) is 33.4. The molecule has 232 valence electrons. The van der Waals surface area contributed by atoms with E-state index in [1.807, 2.05) is 13.8 Å². The Balaban J connectivity index is 1.54. The molecule has 0 bridgehead atoms. The smallest absolute Gasteiger partial charge is 0.296 e. The molecule has 3 N–H and O–H groups in total. The fraction of sp³-hybridized carbons (Fsp3) is 0.935. The maximum atomic E-state index is 13.4. The van der Waals surface area contributed by atoms with Gasteiger partial charge in [-0.05, 0) is 82.0 Å². The number of aliphatic hydroxyl groups excluding tert-OH is 2. The van der Waals surface area contributed by atoms with Crippen molar-refractivity contribution in [1.82, 2.24) is 4.90 Å². The van der Waals surface area contributed by atoms with Crippen molar-refractivity contribution < 1.29 is 39.1 Å². The number of ether oxygens (including phenoxy) is 3. The average Bonchev–Trinajstić information content (AvgIpc) is 2.93. The molecule has 2 saturated heterocycles. The van der Waals surface area contributed by atoms with Crippen LogP contribution in [-0.4, -0.2) is 88.1 Å². The van der Waals surface area contributed by atoms with Crippen LogP contribution in [0, 0.1) is 29.6 Å². The lowest BCUT2D eigenvalue weighted by atomic mass is 9.77. The second-order valence-corrected chi connectivity index (χ2v) is 13.1. The summed E-state index contributed by atoms with van der Waals surface area (Å²) in [7, 11) is 0. The van der Waals surface area contributed by atoms with Gasteiger partial charge < -0.3 is 34.4 Å². The molecular weight excluding hydrogens is 514 g/mol. The standard InChI is InChI=1S/C31H55NO8/c1-7-19(2)28(21(4)15-24-11-12-26(33)27(34)16-24)39-18-38-17-25-10-8-9-13-32(25)30(36)29(35)31(37)22(5)14-20(3)23(6)40-31/h19-28,33-34,37H,7-18H2,1-6H3. The van der Waals surface area contributed by atoms with Gasteiger partial charge in [0.25, 0.3) is 11.7 Å². The average molecular weight is 570 g/mol. The molecule has 2 heterocycles. The third-order valence-electron chi connectivity index (χ3n) is 9.98. The Morgan fingerprint density at radius 3 is 2.42 bits per heavy atom. The number of amides is 1. The topological polar surface area (TPSA) is 126 Å². The maximum Gasteiger partial charge on any atom is 0.296 e. The molecule has 40 heavy (non-hydrogen) atoms. The summed E-state index contributed by atoms with van der Waals surface area (Å²) in [6.45, 7) is 12.9. The normalized spacial score (nSPS) is 37.5. The van der Waals surface area contributed by atoms with Crippen molar-refractivity contribution in [2.75, 3.05) is 19.9 Å². The Morgan fingerprint density at radius 1 is 1.02 bits per heavy atom. The molecule has 1 saturated carbocycles. The van der Waals surface area contributed by atoms with Crippen molar-refractivity contribution in [3.63, 3.8) is 0 Å². The van der Waals surface area contributed by atoms with Crippen LogP contribution < -0.4 is 0 Å². The number of ketones is 1. The molecule has 0 spiro atoms. The molecule has 1 aliphatic carbocycles. The molecule has 11 unspecified atom stereocenters. The van der Waals surface area contributed by atoms with Crippen LogP contribution in [0.4, 0.5) is 0 Å². The first-order valence-electron chi connectivity index (χ1n) is 15.7. The quantitative estimate of drug-likeness (QED) is 0.185. The van der Waals surface area contributed by atoms with E-state index in [0.717, 1.165) is 38.5 Å². The SMILES string of the molecule is CCC(C)C(OCOCC1CCCCN1C(=O)C(=O)C1(O)OC(C)C(C)CC1C)C(C)CC1CCC(O)C(O)C1. The molecule has 3 fully saturated rings. The first-order valence-corrected chi connectivity index (χ1v) is 15.7. The van der Waals surface area contributed by atoms with E-state index < -0.39 is 35.6 Å². The number of hydrogen-bond donors (Lipinski definition) is 3. The molecule has 11 atom stereocenters. The Kier molecular flexibility index (Phi) is 12.4. The van der Waals surface area contributed by atoms with E-state index in [0.29, 0.717) is 37.6 Å². The summed E-state index contributed by atoms with van der Waals surface area (Å²) in [5.41, 5.74) is 0. The van der Waals surface area contributed by atoms with Crippen molar-refractivity contribution in [1.29, 1.82) is 0 Å². The highest BCUT2D eigenvalue weighted by Gasteiger charge is 2.52. The lowest BCUT2D eigenvalue weighted by Crippen LogP contribution is -2.60. The number of hydrogen-bond acceptors (Lipinski definition) is 8. The van der Waals surface area contributed by atoms with E-state index in [9.17, 15) is 24.9 Å². The number of aliphatic hydroxyl groups is 3. The highest BCUT2D eigenvalue weighted by atomic mass is 16.7. The van der Waals surface area contributed by atoms with Crippen LogP contribution in [0.5, 0.6) is 0 Å². The van der Waals surface area contributed by atoms with Gasteiger partial charge in [-0.1, -0.05) is 41.0 Å². The second-order valence-electron chi connectivity index (χ2n) is 13.1. The maximum absolute atomic E-state index is 13.4. The number of rotatable bonds is 12.